The van der Waals surface area contributed by atoms with Crippen LogP contribution in [0.1, 0.15) is 13.3 Å². The normalized spacial score (nSPS) is 21.3. The molecule has 1 aliphatic rings. The van der Waals surface area contributed by atoms with Gasteiger partial charge in [0.25, 0.3) is 0 Å². The van der Waals surface area contributed by atoms with Gasteiger partial charge in [-0.2, -0.15) is 5.10 Å². The van der Waals surface area contributed by atoms with Gasteiger partial charge in [0.2, 0.25) is 5.91 Å². The molecule has 0 aromatic carbocycles. The minimum absolute atomic E-state index is 0.154. The summed E-state index contributed by atoms with van der Waals surface area (Å²) in [7, 11) is 0. The number of aryl methyl sites for hydroxylation is 1. The number of carbonyl (C=O) groups excluding carboxylic acids is 1. The van der Waals surface area contributed by atoms with Gasteiger partial charge in [-0.1, -0.05) is 0 Å². The SMILES string of the molecule is CCn1cc(N2CC(CN)CC2=O)cn1. The Bertz CT molecular complexity index is 360. The van der Waals surface area contributed by atoms with Gasteiger partial charge in [0.15, 0.2) is 0 Å². The standard InChI is InChI=1S/C10H16N4O/c1-2-13-7-9(5-12-13)14-6-8(4-11)3-10(14)15/h5,7-8H,2-4,6,11H2,1H3. The molecule has 2 N–H and O–H groups in total. The van der Waals surface area contributed by atoms with E-state index in [1.54, 1.807) is 11.1 Å². The number of aromatic nitrogens is 2. The summed E-state index contributed by atoms with van der Waals surface area (Å²) in [5.41, 5.74) is 6.45. The van der Waals surface area contributed by atoms with Crippen molar-refractivity contribution >= 4 is 11.6 Å². The molecule has 2 heterocycles. The van der Waals surface area contributed by atoms with Crippen molar-refractivity contribution in [1.82, 2.24) is 9.78 Å². The molecule has 82 valence electrons. The number of carbonyl (C=O) groups is 1. The molecule has 0 aliphatic carbocycles. The third-order valence-corrected chi connectivity index (χ3v) is 2.79. The molecule has 5 heteroatoms. The molecular weight excluding hydrogens is 192 g/mol. The lowest BCUT2D eigenvalue weighted by Crippen LogP contribution is -2.25. The Morgan fingerprint density at radius 2 is 2.47 bits per heavy atom. The molecule has 1 fully saturated rings. The highest BCUT2D eigenvalue weighted by Crippen LogP contribution is 2.23. The van der Waals surface area contributed by atoms with E-state index in [0.29, 0.717) is 18.9 Å². The van der Waals surface area contributed by atoms with Crippen LogP contribution in [0.2, 0.25) is 0 Å². The lowest BCUT2D eigenvalue weighted by atomic mass is 10.1. The predicted molar refractivity (Wildman–Crippen MR) is 57.4 cm³/mol. The minimum Gasteiger partial charge on any atom is -0.330 e. The van der Waals surface area contributed by atoms with Gasteiger partial charge < -0.3 is 10.6 Å². The van der Waals surface area contributed by atoms with Crippen molar-refractivity contribution in [2.45, 2.75) is 19.9 Å². The van der Waals surface area contributed by atoms with Crippen LogP contribution in [0, 0.1) is 5.92 Å². The van der Waals surface area contributed by atoms with Crippen LogP contribution < -0.4 is 10.6 Å². The molecule has 1 saturated heterocycles. The maximum atomic E-state index is 11.7. The molecule has 15 heavy (non-hydrogen) atoms. The second-order valence-corrected chi connectivity index (χ2v) is 3.86. The molecule has 0 spiro atoms. The molecule has 0 saturated carbocycles. The molecule has 0 radical (unpaired) electrons. The Labute approximate surface area is 88.8 Å². The van der Waals surface area contributed by atoms with E-state index in [1.807, 2.05) is 17.8 Å². The molecule has 1 aromatic heterocycles. The Kier molecular flexibility index (Phi) is 2.73. The summed E-state index contributed by atoms with van der Waals surface area (Å²) in [5.74, 6) is 0.448. The first-order chi connectivity index (χ1) is 7.24. The fraction of sp³-hybridized carbons (Fsp3) is 0.600. The molecule has 5 nitrogen and oxygen atoms in total. The Balaban J connectivity index is 2.14. The van der Waals surface area contributed by atoms with Crippen LogP contribution in [0.15, 0.2) is 12.4 Å². The number of hydrogen-bond acceptors (Lipinski definition) is 3. The minimum atomic E-state index is 0.154. The van der Waals surface area contributed by atoms with E-state index >= 15 is 0 Å². The van der Waals surface area contributed by atoms with Crippen molar-refractivity contribution in [3.8, 4) is 0 Å². The van der Waals surface area contributed by atoms with E-state index in [0.717, 1.165) is 18.8 Å². The molecule has 1 amide bonds. The highest BCUT2D eigenvalue weighted by atomic mass is 16.2. The third-order valence-electron chi connectivity index (χ3n) is 2.79. The molecule has 1 unspecified atom stereocenters. The average molecular weight is 208 g/mol. The zero-order chi connectivity index (χ0) is 10.8. The van der Waals surface area contributed by atoms with Crippen molar-refractivity contribution in [2.24, 2.45) is 11.7 Å². The fourth-order valence-electron chi connectivity index (χ4n) is 1.85. The zero-order valence-electron chi connectivity index (χ0n) is 8.89. The number of amides is 1. The summed E-state index contributed by atoms with van der Waals surface area (Å²) in [6, 6.07) is 0. The average Bonchev–Trinajstić information content (AvgIpc) is 2.83. The van der Waals surface area contributed by atoms with Gasteiger partial charge in [-0.25, -0.2) is 0 Å². The van der Waals surface area contributed by atoms with Crippen molar-refractivity contribution in [2.75, 3.05) is 18.0 Å². The first kappa shape index (κ1) is 10.2. The van der Waals surface area contributed by atoms with E-state index in [2.05, 4.69) is 5.10 Å². The summed E-state index contributed by atoms with van der Waals surface area (Å²) < 4.78 is 1.82. The van der Waals surface area contributed by atoms with E-state index < -0.39 is 0 Å². The van der Waals surface area contributed by atoms with Gasteiger partial charge >= 0.3 is 0 Å². The van der Waals surface area contributed by atoms with Crippen LogP contribution in [-0.4, -0.2) is 28.8 Å². The van der Waals surface area contributed by atoms with Crippen molar-refractivity contribution < 1.29 is 4.79 Å². The largest absolute Gasteiger partial charge is 0.330 e. The van der Waals surface area contributed by atoms with E-state index in [-0.39, 0.29) is 5.91 Å². The van der Waals surface area contributed by atoms with Crippen LogP contribution in [0.25, 0.3) is 0 Å². The lowest BCUT2D eigenvalue weighted by molar-refractivity contribution is -0.117. The summed E-state index contributed by atoms with van der Waals surface area (Å²) >= 11 is 0. The third kappa shape index (κ3) is 1.87. The number of rotatable bonds is 3. The first-order valence-corrected chi connectivity index (χ1v) is 5.27. The van der Waals surface area contributed by atoms with Crippen LogP contribution in [0.5, 0.6) is 0 Å². The van der Waals surface area contributed by atoms with Gasteiger partial charge in [0.05, 0.1) is 11.9 Å². The van der Waals surface area contributed by atoms with Gasteiger partial charge in [-0.15, -0.1) is 0 Å². The quantitative estimate of drug-likeness (QED) is 0.772. The Hall–Kier alpha value is -1.36. The Morgan fingerprint density at radius 1 is 1.67 bits per heavy atom. The predicted octanol–water partition coefficient (Wildman–Crippen LogP) is 0.215. The molecule has 2 rings (SSSR count). The van der Waals surface area contributed by atoms with Gasteiger partial charge in [-0.05, 0) is 19.4 Å². The van der Waals surface area contributed by atoms with Crippen molar-refractivity contribution in [3.05, 3.63) is 12.4 Å². The van der Waals surface area contributed by atoms with Crippen molar-refractivity contribution in [1.29, 1.82) is 0 Å². The fourth-order valence-corrected chi connectivity index (χ4v) is 1.85. The van der Waals surface area contributed by atoms with Crippen LogP contribution in [0.4, 0.5) is 5.69 Å². The molecule has 1 aliphatic heterocycles. The summed E-state index contributed by atoms with van der Waals surface area (Å²) in [6.45, 7) is 4.14. The van der Waals surface area contributed by atoms with E-state index in [9.17, 15) is 4.79 Å². The second-order valence-electron chi connectivity index (χ2n) is 3.86. The van der Waals surface area contributed by atoms with Gasteiger partial charge in [0, 0.05) is 25.7 Å². The number of hydrogen-bond donors (Lipinski definition) is 1. The van der Waals surface area contributed by atoms with Gasteiger partial charge in [0.1, 0.15) is 0 Å². The lowest BCUT2D eigenvalue weighted by Gasteiger charge is -2.13. The molecular formula is C10H16N4O. The van der Waals surface area contributed by atoms with Crippen molar-refractivity contribution in [3.63, 3.8) is 0 Å². The first-order valence-electron chi connectivity index (χ1n) is 5.27. The van der Waals surface area contributed by atoms with Gasteiger partial charge in [-0.3, -0.25) is 9.48 Å². The maximum absolute atomic E-state index is 11.7. The molecule has 0 bridgehead atoms. The number of anilines is 1. The van der Waals surface area contributed by atoms with Crippen LogP contribution in [0.3, 0.4) is 0 Å². The summed E-state index contributed by atoms with van der Waals surface area (Å²) in [6.07, 6.45) is 4.20. The van der Waals surface area contributed by atoms with Crippen LogP contribution in [-0.2, 0) is 11.3 Å². The number of nitrogens with zero attached hydrogens (tertiary/aromatic N) is 3. The van der Waals surface area contributed by atoms with Crippen LogP contribution >= 0.6 is 0 Å². The topological polar surface area (TPSA) is 64.2 Å². The highest BCUT2D eigenvalue weighted by Gasteiger charge is 2.30. The summed E-state index contributed by atoms with van der Waals surface area (Å²) in [4.78, 5) is 13.4. The highest BCUT2D eigenvalue weighted by molar-refractivity contribution is 5.95. The summed E-state index contributed by atoms with van der Waals surface area (Å²) in [5, 5.41) is 4.16. The van der Waals surface area contributed by atoms with E-state index in [1.165, 1.54) is 0 Å². The number of nitrogens with two attached hydrogens (primary N) is 1. The smallest absolute Gasteiger partial charge is 0.227 e. The molecule has 1 atom stereocenters. The van der Waals surface area contributed by atoms with E-state index in [4.69, 9.17) is 5.73 Å². The molecule has 1 aromatic rings. The zero-order valence-corrected chi connectivity index (χ0v) is 8.89. The monoisotopic (exact) mass is 208 g/mol. The second kappa shape index (κ2) is 4.02. The Morgan fingerprint density at radius 3 is 3.00 bits per heavy atom. The maximum Gasteiger partial charge on any atom is 0.227 e.